The summed E-state index contributed by atoms with van der Waals surface area (Å²) in [6, 6.07) is 9.27. The number of pyridine rings is 1. The molecule has 2 N–H and O–H groups in total. The van der Waals surface area contributed by atoms with Gasteiger partial charge in [-0.2, -0.15) is 13.2 Å². The van der Waals surface area contributed by atoms with Crippen molar-refractivity contribution < 1.29 is 22.8 Å². The Morgan fingerprint density at radius 1 is 1.19 bits per heavy atom. The van der Waals surface area contributed by atoms with Gasteiger partial charge in [-0.25, -0.2) is 0 Å². The predicted octanol–water partition coefficient (Wildman–Crippen LogP) is 3.31. The van der Waals surface area contributed by atoms with Gasteiger partial charge in [0.1, 0.15) is 11.2 Å². The molecular weight excluding hydrogens is 367 g/mol. The third-order valence-electron chi connectivity index (χ3n) is 3.48. The highest BCUT2D eigenvalue weighted by atomic mass is 32.1. The lowest BCUT2D eigenvalue weighted by molar-refractivity contribution is -0.123. The largest absolute Gasteiger partial charge is 0.405 e. The minimum Gasteiger partial charge on any atom is -0.352 e. The van der Waals surface area contributed by atoms with Gasteiger partial charge in [0, 0.05) is 25.4 Å². The zero-order chi connectivity index (χ0) is 19.3. The lowest BCUT2D eigenvalue weighted by atomic mass is 10.1. The summed E-state index contributed by atoms with van der Waals surface area (Å²) in [5.41, 5.74) is 1.20. The number of alkyl halides is 3. The van der Waals surface area contributed by atoms with Gasteiger partial charge in [0.2, 0.25) is 0 Å². The third-order valence-corrected chi connectivity index (χ3v) is 3.82. The maximum absolute atomic E-state index is 12.4. The molecule has 0 saturated carbocycles. The molecular formula is C17H16F3N3O2S. The minimum atomic E-state index is -4.46. The van der Waals surface area contributed by atoms with E-state index < -0.39 is 18.6 Å². The molecule has 0 aliphatic rings. The van der Waals surface area contributed by atoms with Gasteiger partial charge in [0.25, 0.3) is 11.8 Å². The third kappa shape index (κ3) is 5.41. The second kappa shape index (κ2) is 8.13. The van der Waals surface area contributed by atoms with Crippen LogP contribution in [0.4, 0.5) is 13.2 Å². The Labute approximate surface area is 152 Å². The van der Waals surface area contributed by atoms with E-state index in [0.29, 0.717) is 10.2 Å². The van der Waals surface area contributed by atoms with Crippen LogP contribution >= 0.6 is 12.2 Å². The van der Waals surface area contributed by atoms with Gasteiger partial charge in [-0.15, -0.1) is 0 Å². The minimum absolute atomic E-state index is 0.109. The molecule has 26 heavy (non-hydrogen) atoms. The summed E-state index contributed by atoms with van der Waals surface area (Å²) in [7, 11) is 1.61. The first-order chi connectivity index (χ1) is 12.2. The summed E-state index contributed by atoms with van der Waals surface area (Å²) in [6.07, 6.45) is -2.83. The number of H-pyrrole nitrogens is 1. The van der Waals surface area contributed by atoms with Crippen molar-refractivity contribution in [3.05, 3.63) is 63.9 Å². The summed E-state index contributed by atoms with van der Waals surface area (Å²) >= 11 is 5.08. The van der Waals surface area contributed by atoms with Gasteiger partial charge in [-0.05, 0) is 29.8 Å². The summed E-state index contributed by atoms with van der Waals surface area (Å²) in [4.78, 5) is 28.3. The first kappa shape index (κ1) is 19.6. The molecule has 0 aliphatic carbocycles. The van der Waals surface area contributed by atoms with Crippen LogP contribution in [0.5, 0.6) is 0 Å². The van der Waals surface area contributed by atoms with Crippen molar-refractivity contribution in [3.63, 3.8) is 0 Å². The number of aromatic nitrogens is 1. The van der Waals surface area contributed by atoms with E-state index in [1.807, 2.05) is 0 Å². The van der Waals surface area contributed by atoms with Gasteiger partial charge in [0.05, 0.1) is 5.56 Å². The molecule has 2 aromatic rings. The molecule has 9 heteroatoms. The molecule has 0 unspecified atom stereocenters. The van der Waals surface area contributed by atoms with Crippen LogP contribution in [-0.2, 0) is 6.54 Å². The summed E-state index contributed by atoms with van der Waals surface area (Å²) in [6.45, 7) is -1.13. The Bertz CT molecular complexity index is 847. The van der Waals surface area contributed by atoms with Gasteiger partial charge in [-0.1, -0.05) is 24.4 Å². The first-order valence-electron chi connectivity index (χ1n) is 7.54. The summed E-state index contributed by atoms with van der Waals surface area (Å²) in [5.74, 6) is -1.08. The maximum Gasteiger partial charge on any atom is 0.405 e. The van der Waals surface area contributed by atoms with Crippen LogP contribution in [0, 0.1) is 4.64 Å². The van der Waals surface area contributed by atoms with Crippen LogP contribution in [-0.4, -0.2) is 41.5 Å². The van der Waals surface area contributed by atoms with Crippen molar-refractivity contribution in [1.82, 2.24) is 15.2 Å². The molecule has 1 aromatic heterocycles. The van der Waals surface area contributed by atoms with Crippen molar-refractivity contribution in [2.75, 3.05) is 13.6 Å². The van der Waals surface area contributed by atoms with Gasteiger partial charge in [-0.3, -0.25) is 9.59 Å². The number of amides is 2. The number of aromatic amines is 1. The Morgan fingerprint density at radius 2 is 1.85 bits per heavy atom. The molecule has 0 atom stereocenters. The van der Waals surface area contributed by atoms with Crippen LogP contribution in [0.1, 0.15) is 26.3 Å². The number of carbonyl (C=O) groups excluding carboxylic acids is 2. The van der Waals surface area contributed by atoms with E-state index in [-0.39, 0.29) is 18.0 Å². The quantitative estimate of drug-likeness (QED) is 0.779. The Morgan fingerprint density at radius 3 is 2.42 bits per heavy atom. The van der Waals surface area contributed by atoms with Gasteiger partial charge < -0.3 is 15.2 Å². The molecule has 2 rings (SSSR count). The summed E-state index contributed by atoms with van der Waals surface area (Å²) in [5, 5.41) is 1.80. The first-order valence-corrected chi connectivity index (χ1v) is 7.95. The molecule has 5 nitrogen and oxygen atoms in total. The molecule has 0 fully saturated rings. The average molecular weight is 383 g/mol. The van der Waals surface area contributed by atoms with Crippen LogP contribution < -0.4 is 5.32 Å². The van der Waals surface area contributed by atoms with Crippen LogP contribution in [0.3, 0.4) is 0 Å². The highest BCUT2D eigenvalue weighted by Gasteiger charge is 2.27. The molecule has 0 saturated heterocycles. The highest BCUT2D eigenvalue weighted by molar-refractivity contribution is 7.71. The fraction of sp³-hybridized carbons (Fsp3) is 0.235. The second-order valence-electron chi connectivity index (χ2n) is 5.57. The molecule has 1 heterocycles. The lowest BCUT2D eigenvalue weighted by Gasteiger charge is -2.17. The van der Waals surface area contributed by atoms with Crippen molar-refractivity contribution in [2.45, 2.75) is 12.7 Å². The number of rotatable bonds is 5. The van der Waals surface area contributed by atoms with Gasteiger partial charge >= 0.3 is 6.18 Å². The molecule has 0 spiro atoms. The SMILES string of the molecule is CN(Cc1ccc(C(=O)NCC(F)(F)F)cc1)C(=O)c1ccc[nH]c1=S. The number of benzene rings is 1. The number of carbonyl (C=O) groups is 2. The zero-order valence-corrected chi connectivity index (χ0v) is 14.6. The Kier molecular flexibility index (Phi) is 6.14. The monoisotopic (exact) mass is 383 g/mol. The van der Waals surface area contributed by atoms with Crippen LogP contribution in [0.15, 0.2) is 42.6 Å². The van der Waals surface area contributed by atoms with Crippen molar-refractivity contribution in [3.8, 4) is 0 Å². The second-order valence-corrected chi connectivity index (χ2v) is 5.98. The fourth-order valence-corrected chi connectivity index (χ4v) is 2.41. The molecule has 1 aromatic carbocycles. The van der Waals surface area contributed by atoms with E-state index in [2.05, 4.69) is 4.98 Å². The van der Waals surface area contributed by atoms with Crippen LogP contribution in [0.2, 0.25) is 0 Å². The van der Waals surface area contributed by atoms with E-state index >= 15 is 0 Å². The van der Waals surface area contributed by atoms with E-state index in [4.69, 9.17) is 12.2 Å². The molecule has 2 amide bonds. The molecule has 138 valence electrons. The van der Waals surface area contributed by atoms with E-state index in [9.17, 15) is 22.8 Å². The number of halogens is 3. The van der Waals surface area contributed by atoms with Crippen molar-refractivity contribution in [2.24, 2.45) is 0 Å². The normalized spacial score (nSPS) is 11.1. The van der Waals surface area contributed by atoms with Gasteiger partial charge in [0.15, 0.2) is 0 Å². The predicted molar refractivity (Wildman–Crippen MR) is 92.3 cm³/mol. The lowest BCUT2D eigenvalue weighted by Crippen LogP contribution is -2.33. The fourth-order valence-electron chi connectivity index (χ4n) is 2.19. The van der Waals surface area contributed by atoms with E-state index in [1.54, 1.807) is 42.8 Å². The van der Waals surface area contributed by atoms with E-state index in [1.165, 1.54) is 17.0 Å². The van der Waals surface area contributed by atoms with E-state index in [0.717, 1.165) is 5.56 Å². The topological polar surface area (TPSA) is 65.2 Å². The number of hydrogen-bond acceptors (Lipinski definition) is 3. The Balaban J connectivity index is 2.00. The zero-order valence-electron chi connectivity index (χ0n) is 13.8. The smallest absolute Gasteiger partial charge is 0.352 e. The maximum atomic E-state index is 12.4. The average Bonchev–Trinajstić information content (AvgIpc) is 2.59. The summed E-state index contributed by atoms with van der Waals surface area (Å²) < 4.78 is 36.7. The molecule has 0 bridgehead atoms. The molecule has 0 aliphatic heterocycles. The number of nitrogens with zero attached hydrogens (tertiary/aromatic N) is 1. The number of hydrogen-bond donors (Lipinski definition) is 2. The number of nitrogens with one attached hydrogen (secondary N) is 2. The van der Waals surface area contributed by atoms with Crippen molar-refractivity contribution in [1.29, 1.82) is 0 Å². The van der Waals surface area contributed by atoms with Crippen molar-refractivity contribution >= 4 is 24.0 Å². The van der Waals surface area contributed by atoms with Crippen LogP contribution in [0.25, 0.3) is 0 Å². The highest BCUT2D eigenvalue weighted by Crippen LogP contribution is 2.14. The molecule has 0 radical (unpaired) electrons. The Hall–Kier alpha value is -2.68. The standard InChI is InChI=1S/C17H16F3N3O2S/c1-23(16(25)13-3-2-8-21-15(13)26)9-11-4-6-12(7-5-11)14(24)22-10-17(18,19)20/h2-8H,9-10H2,1H3,(H,21,26)(H,22,24).